The van der Waals surface area contributed by atoms with Gasteiger partial charge in [-0.25, -0.2) is 4.98 Å². The van der Waals surface area contributed by atoms with Gasteiger partial charge in [-0.05, 0) is 37.3 Å². The molecular weight excluding hydrogens is 425 g/mol. The molecule has 0 radical (unpaired) electrons. The van der Waals surface area contributed by atoms with Crippen LogP contribution in [0, 0.1) is 18.3 Å². The lowest BCUT2D eigenvalue weighted by atomic mass is 10.1. The Morgan fingerprint density at radius 2 is 1.90 bits per heavy atom. The first kappa shape index (κ1) is 21.2. The van der Waals surface area contributed by atoms with Crippen LogP contribution in [0.25, 0.3) is 11.3 Å². The first-order valence-electron chi connectivity index (χ1n) is 8.82. The van der Waals surface area contributed by atoms with E-state index in [1.807, 2.05) is 37.3 Å². The number of aryl methyl sites for hydroxylation is 1. The zero-order chi connectivity index (χ0) is 20.8. The van der Waals surface area contributed by atoms with Crippen LogP contribution in [0.2, 0.25) is 10.0 Å². The quantitative estimate of drug-likeness (QED) is 0.452. The second-order valence-electron chi connectivity index (χ2n) is 6.30. The summed E-state index contributed by atoms with van der Waals surface area (Å²) in [4.78, 5) is 16.8. The molecule has 7 heteroatoms. The van der Waals surface area contributed by atoms with Crippen LogP contribution in [0.4, 0.5) is 5.69 Å². The molecular formula is C22H17Cl2N3OS. The van der Waals surface area contributed by atoms with Crippen LogP contribution >= 0.6 is 35.0 Å². The summed E-state index contributed by atoms with van der Waals surface area (Å²) in [6.07, 6.45) is 0.245. The van der Waals surface area contributed by atoms with Gasteiger partial charge < -0.3 is 5.32 Å². The minimum Gasteiger partial charge on any atom is -0.325 e. The summed E-state index contributed by atoms with van der Waals surface area (Å²) in [7, 11) is 0. The fourth-order valence-electron chi connectivity index (χ4n) is 2.57. The average molecular weight is 442 g/mol. The SMILES string of the molecule is Cc1ccc(-c2ccc(C#N)c(SCCC(=O)Nc3cc(Cl)ccc3Cl)n2)cc1. The van der Waals surface area contributed by atoms with E-state index in [1.54, 1.807) is 24.3 Å². The lowest BCUT2D eigenvalue weighted by Gasteiger charge is -2.09. The van der Waals surface area contributed by atoms with Gasteiger partial charge in [0.05, 0.1) is 22.0 Å². The molecule has 0 bridgehead atoms. The molecule has 0 saturated carbocycles. The molecule has 1 aromatic heterocycles. The minimum atomic E-state index is -0.185. The summed E-state index contributed by atoms with van der Waals surface area (Å²) in [5.41, 5.74) is 3.91. The van der Waals surface area contributed by atoms with Gasteiger partial charge in [0.15, 0.2) is 0 Å². The molecule has 0 unspecified atom stereocenters. The van der Waals surface area contributed by atoms with E-state index in [0.717, 1.165) is 11.3 Å². The molecule has 3 aromatic rings. The second kappa shape index (κ2) is 9.80. The van der Waals surface area contributed by atoms with Gasteiger partial charge in [0.25, 0.3) is 0 Å². The first-order valence-corrected chi connectivity index (χ1v) is 10.6. The minimum absolute atomic E-state index is 0.185. The number of nitriles is 1. The number of aromatic nitrogens is 1. The van der Waals surface area contributed by atoms with Gasteiger partial charge in [0.1, 0.15) is 11.1 Å². The maximum absolute atomic E-state index is 12.2. The molecule has 1 heterocycles. The monoisotopic (exact) mass is 441 g/mol. The fourth-order valence-corrected chi connectivity index (χ4v) is 3.82. The number of hydrogen-bond donors (Lipinski definition) is 1. The van der Waals surface area contributed by atoms with Crippen molar-refractivity contribution in [2.75, 3.05) is 11.1 Å². The molecule has 0 aliphatic rings. The summed E-state index contributed by atoms with van der Waals surface area (Å²) < 4.78 is 0. The highest BCUT2D eigenvalue weighted by Gasteiger charge is 2.11. The smallest absolute Gasteiger partial charge is 0.225 e. The van der Waals surface area contributed by atoms with Gasteiger partial charge in [-0.2, -0.15) is 5.26 Å². The van der Waals surface area contributed by atoms with E-state index in [1.165, 1.54) is 17.3 Å². The van der Waals surface area contributed by atoms with E-state index in [9.17, 15) is 10.1 Å². The Bertz CT molecular complexity index is 1080. The number of halogens is 2. The highest BCUT2D eigenvalue weighted by Crippen LogP contribution is 2.27. The van der Waals surface area contributed by atoms with Crippen molar-refractivity contribution < 1.29 is 4.79 Å². The van der Waals surface area contributed by atoms with Crippen molar-refractivity contribution in [1.29, 1.82) is 5.26 Å². The molecule has 0 spiro atoms. The number of carbonyl (C=O) groups is 1. The number of hydrogen-bond acceptors (Lipinski definition) is 4. The number of pyridine rings is 1. The Kier molecular flexibility index (Phi) is 7.16. The van der Waals surface area contributed by atoms with Crippen molar-refractivity contribution in [3.63, 3.8) is 0 Å². The largest absolute Gasteiger partial charge is 0.325 e. The van der Waals surface area contributed by atoms with Crippen LogP contribution in [0.15, 0.2) is 59.6 Å². The zero-order valence-electron chi connectivity index (χ0n) is 15.6. The number of amides is 1. The molecule has 29 heavy (non-hydrogen) atoms. The van der Waals surface area contributed by atoms with Crippen LogP contribution in [0.3, 0.4) is 0 Å². The van der Waals surface area contributed by atoms with Crippen molar-refractivity contribution in [1.82, 2.24) is 4.98 Å². The second-order valence-corrected chi connectivity index (χ2v) is 8.23. The van der Waals surface area contributed by atoms with Crippen molar-refractivity contribution in [3.8, 4) is 17.3 Å². The van der Waals surface area contributed by atoms with Crippen LogP contribution < -0.4 is 5.32 Å². The fraction of sp³-hybridized carbons (Fsp3) is 0.136. The summed E-state index contributed by atoms with van der Waals surface area (Å²) in [5, 5.41) is 13.7. The highest BCUT2D eigenvalue weighted by molar-refractivity contribution is 7.99. The molecule has 1 amide bonds. The van der Waals surface area contributed by atoms with Crippen molar-refractivity contribution in [3.05, 3.63) is 75.8 Å². The number of anilines is 1. The normalized spacial score (nSPS) is 10.4. The van der Waals surface area contributed by atoms with E-state index in [-0.39, 0.29) is 12.3 Å². The Balaban J connectivity index is 1.65. The summed E-state index contributed by atoms with van der Waals surface area (Å²) in [6, 6.07) is 18.7. The van der Waals surface area contributed by atoms with Crippen molar-refractivity contribution >= 4 is 46.6 Å². The lowest BCUT2D eigenvalue weighted by Crippen LogP contribution is -2.12. The van der Waals surface area contributed by atoms with Crippen LogP contribution in [-0.2, 0) is 4.79 Å². The number of nitrogens with one attached hydrogen (secondary N) is 1. The molecule has 0 atom stereocenters. The molecule has 0 saturated heterocycles. The standard InChI is InChI=1S/C22H17Cl2N3OS/c1-14-2-4-15(5-3-14)19-9-6-16(13-25)22(27-19)29-11-10-21(28)26-20-12-17(23)7-8-18(20)24/h2-9,12H,10-11H2,1H3,(H,26,28). The predicted molar refractivity (Wildman–Crippen MR) is 120 cm³/mol. The van der Waals surface area contributed by atoms with Crippen molar-refractivity contribution in [2.45, 2.75) is 18.4 Å². The van der Waals surface area contributed by atoms with E-state index in [0.29, 0.717) is 32.1 Å². The number of benzene rings is 2. The van der Waals surface area contributed by atoms with Gasteiger partial charge in [-0.15, -0.1) is 11.8 Å². The number of thioether (sulfide) groups is 1. The van der Waals surface area contributed by atoms with Gasteiger partial charge in [-0.3, -0.25) is 4.79 Å². The van der Waals surface area contributed by atoms with Crippen LogP contribution in [0.1, 0.15) is 17.5 Å². The molecule has 3 rings (SSSR count). The maximum atomic E-state index is 12.2. The van der Waals surface area contributed by atoms with E-state index >= 15 is 0 Å². The summed E-state index contributed by atoms with van der Waals surface area (Å²) in [6.45, 7) is 2.03. The Morgan fingerprint density at radius 3 is 2.62 bits per heavy atom. The highest BCUT2D eigenvalue weighted by atomic mass is 35.5. The third-order valence-corrected chi connectivity index (χ3v) is 5.66. The molecule has 2 aromatic carbocycles. The van der Waals surface area contributed by atoms with Crippen LogP contribution in [0.5, 0.6) is 0 Å². The third kappa shape index (κ3) is 5.74. The Hall–Kier alpha value is -2.52. The summed E-state index contributed by atoms with van der Waals surface area (Å²) >= 11 is 13.4. The van der Waals surface area contributed by atoms with Crippen molar-refractivity contribution in [2.24, 2.45) is 0 Å². The topological polar surface area (TPSA) is 65.8 Å². The Morgan fingerprint density at radius 1 is 1.14 bits per heavy atom. The maximum Gasteiger partial charge on any atom is 0.225 e. The lowest BCUT2D eigenvalue weighted by molar-refractivity contribution is -0.115. The Labute approximate surface area is 183 Å². The molecule has 146 valence electrons. The third-order valence-electron chi connectivity index (χ3n) is 4.10. The zero-order valence-corrected chi connectivity index (χ0v) is 17.9. The first-order chi connectivity index (χ1) is 14.0. The average Bonchev–Trinajstić information content (AvgIpc) is 2.71. The van der Waals surface area contributed by atoms with E-state index in [2.05, 4.69) is 16.4 Å². The molecule has 0 aliphatic heterocycles. The number of carbonyl (C=O) groups excluding carboxylic acids is 1. The van der Waals surface area contributed by atoms with E-state index < -0.39 is 0 Å². The number of rotatable bonds is 6. The van der Waals surface area contributed by atoms with Crippen LogP contribution in [-0.4, -0.2) is 16.6 Å². The number of nitrogens with zero attached hydrogens (tertiary/aromatic N) is 2. The molecule has 0 aliphatic carbocycles. The van der Waals surface area contributed by atoms with E-state index in [4.69, 9.17) is 23.2 Å². The van der Waals surface area contributed by atoms with Gasteiger partial charge >= 0.3 is 0 Å². The predicted octanol–water partition coefficient (Wildman–Crippen LogP) is 6.36. The van der Waals surface area contributed by atoms with Gasteiger partial charge in [0, 0.05) is 22.8 Å². The molecule has 0 fully saturated rings. The van der Waals surface area contributed by atoms with Gasteiger partial charge in [-0.1, -0.05) is 53.0 Å². The molecule has 4 nitrogen and oxygen atoms in total. The molecule has 1 N–H and O–H groups in total. The summed E-state index contributed by atoms with van der Waals surface area (Å²) in [5.74, 6) is 0.290. The van der Waals surface area contributed by atoms with Gasteiger partial charge in [0.2, 0.25) is 5.91 Å².